The highest BCUT2D eigenvalue weighted by atomic mass is 16.6. The van der Waals surface area contributed by atoms with E-state index >= 15 is 0 Å². The van der Waals surface area contributed by atoms with Crippen LogP contribution in [0.3, 0.4) is 0 Å². The van der Waals surface area contributed by atoms with Crippen molar-refractivity contribution >= 4 is 11.9 Å². The van der Waals surface area contributed by atoms with Gasteiger partial charge in [0.05, 0.1) is 0 Å². The largest absolute Gasteiger partial charge is 0.480 e. The molecule has 0 heterocycles. The van der Waals surface area contributed by atoms with Gasteiger partial charge >= 0.3 is 11.9 Å². The molecular weight excluding hydrogens is 184 g/mol. The summed E-state index contributed by atoms with van der Waals surface area (Å²) in [5, 5.41) is 25.5. The maximum absolute atomic E-state index is 10.4. The zero-order valence-electron chi connectivity index (χ0n) is 6.84. The van der Waals surface area contributed by atoms with Crippen molar-refractivity contribution in [2.75, 3.05) is 13.7 Å². The summed E-state index contributed by atoms with van der Waals surface area (Å²) in [5.41, 5.74) is 0. The maximum atomic E-state index is 10.4. The van der Waals surface area contributed by atoms with Crippen LogP contribution < -0.4 is 0 Å². The molecule has 0 aromatic carbocycles. The minimum Gasteiger partial charge on any atom is -0.480 e. The summed E-state index contributed by atoms with van der Waals surface area (Å²) in [6, 6.07) is 0. The Bertz CT molecular complexity index is 189. The van der Waals surface area contributed by atoms with Gasteiger partial charge < -0.3 is 24.8 Å². The van der Waals surface area contributed by atoms with Gasteiger partial charge in [0.1, 0.15) is 6.61 Å². The predicted octanol–water partition coefficient (Wildman–Crippen LogP) is -1.49. The molecule has 13 heavy (non-hydrogen) atoms. The molecule has 0 aliphatic rings. The van der Waals surface area contributed by atoms with Gasteiger partial charge in [-0.25, -0.2) is 9.59 Å². The van der Waals surface area contributed by atoms with Crippen molar-refractivity contribution in [3.8, 4) is 0 Å². The average molecular weight is 194 g/mol. The normalized spacial score (nSPS) is 14.9. The van der Waals surface area contributed by atoms with Gasteiger partial charge in [-0.3, -0.25) is 0 Å². The van der Waals surface area contributed by atoms with Gasteiger partial charge in [-0.15, -0.1) is 0 Å². The van der Waals surface area contributed by atoms with Gasteiger partial charge in [0.2, 0.25) is 6.10 Å². The van der Waals surface area contributed by atoms with Crippen LogP contribution in [0.1, 0.15) is 0 Å². The first kappa shape index (κ1) is 11.8. The molecule has 0 spiro atoms. The van der Waals surface area contributed by atoms with Gasteiger partial charge in [0, 0.05) is 7.11 Å². The molecule has 2 unspecified atom stereocenters. The Morgan fingerprint density at radius 2 is 1.92 bits per heavy atom. The second kappa shape index (κ2) is 5.46. The summed E-state index contributed by atoms with van der Waals surface area (Å²) in [7, 11) is 1.07. The second-order valence-corrected chi connectivity index (χ2v) is 2.09. The van der Waals surface area contributed by atoms with Crippen molar-refractivity contribution in [1.29, 1.82) is 0 Å². The average Bonchev–Trinajstić information content (AvgIpc) is 2.03. The smallest absolute Gasteiger partial charge is 0.338 e. The molecule has 0 rings (SSSR count). The number of rotatable bonds is 6. The van der Waals surface area contributed by atoms with Crippen LogP contribution in [-0.4, -0.2) is 53.4 Å². The molecule has 7 nitrogen and oxygen atoms in total. The topological polar surface area (TPSA) is 113 Å². The first-order valence-corrected chi connectivity index (χ1v) is 3.26. The van der Waals surface area contributed by atoms with E-state index in [0.29, 0.717) is 0 Å². The summed E-state index contributed by atoms with van der Waals surface area (Å²) in [4.78, 5) is 20.4. The molecule has 76 valence electrons. The Morgan fingerprint density at radius 1 is 1.38 bits per heavy atom. The van der Waals surface area contributed by atoms with Crippen molar-refractivity contribution in [3.63, 3.8) is 0 Å². The van der Waals surface area contributed by atoms with Gasteiger partial charge in [-0.05, 0) is 0 Å². The van der Waals surface area contributed by atoms with E-state index in [-0.39, 0.29) is 0 Å². The van der Waals surface area contributed by atoms with Gasteiger partial charge in [-0.1, -0.05) is 0 Å². The van der Waals surface area contributed by atoms with Crippen LogP contribution in [0.15, 0.2) is 0 Å². The van der Waals surface area contributed by atoms with Gasteiger partial charge in [0.15, 0.2) is 6.29 Å². The van der Waals surface area contributed by atoms with Crippen LogP contribution in [0, 0.1) is 0 Å². The molecule has 0 amide bonds. The molecule has 3 N–H and O–H groups in total. The Balaban J connectivity index is 4.10. The zero-order valence-corrected chi connectivity index (χ0v) is 6.84. The third-order valence-corrected chi connectivity index (χ3v) is 1.13. The predicted molar refractivity (Wildman–Crippen MR) is 38.0 cm³/mol. The van der Waals surface area contributed by atoms with Crippen LogP contribution in [0.25, 0.3) is 0 Å². The van der Waals surface area contributed by atoms with Crippen molar-refractivity contribution in [3.05, 3.63) is 0 Å². The highest BCUT2D eigenvalue weighted by Gasteiger charge is 2.27. The van der Waals surface area contributed by atoms with E-state index in [0.717, 1.165) is 7.11 Å². The van der Waals surface area contributed by atoms with Crippen LogP contribution in [0.2, 0.25) is 0 Å². The molecule has 0 fully saturated rings. The number of carbonyl (C=O) groups is 2. The van der Waals surface area contributed by atoms with Crippen LogP contribution in [0.4, 0.5) is 0 Å². The quantitative estimate of drug-likeness (QED) is 0.441. The Hall–Kier alpha value is -1.18. The van der Waals surface area contributed by atoms with E-state index in [1.807, 2.05) is 0 Å². The fraction of sp³-hybridized carbons (Fsp3) is 0.667. The van der Waals surface area contributed by atoms with Crippen LogP contribution in [0.5, 0.6) is 0 Å². The third-order valence-electron chi connectivity index (χ3n) is 1.13. The number of carboxylic acid groups (broad SMARTS) is 2. The van der Waals surface area contributed by atoms with Crippen molar-refractivity contribution in [2.24, 2.45) is 0 Å². The summed E-state index contributed by atoms with van der Waals surface area (Å²) in [6.45, 7) is -0.808. The third kappa shape index (κ3) is 4.41. The molecule has 0 bridgehead atoms. The van der Waals surface area contributed by atoms with E-state index in [1.54, 1.807) is 0 Å². The number of carboxylic acids is 2. The molecule has 0 aliphatic carbocycles. The molecule has 0 saturated carbocycles. The van der Waals surface area contributed by atoms with Gasteiger partial charge in [-0.2, -0.15) is 0 Å². The molecule has 0 aliphatic heterocycles. The number of hydrogen-bond acceptors (Lipinski definition) is 5. The van der Waals surface area contributed by atoms with E-state index in [9.17, 15) is 9.59 Å². The van der Waals surface area contributed by atoms with E-state index in [4.69, 9.17) is 15.3 Å². The number of methoxy groups -OCH3 is 1. The lowest BCUT2D eigenvalue weighted by Crippen LogP contribution is -2.38. The van der Waals surface area contributed by atoms with E-state index < -0.39 is 30.9 Å². The zero-order chi connectivity index (χ0) is 10.4. The Morgan fingerprint density at radius 3 is 2.23 bits per heavy atom. The van der Waals surface area contributed by atoms with Crippen molar-refractivity contribution in [1.82, 2.24) is 0 Å². The lowest BCUT2D eigenvalue weighted by Gasteiger charge is -2.16. The first-order valence-electron chi connectivity index (χ1n) is 3.26. The SMILES string of the molecule is COC(O)C(OCC(=O)O)C(=O)O. The standard InChI is InChI=1S/C6H10O7/c1-12-6(11)4(5(9)10)13-2-3(7)8/h4,6,11H,2H2,1H3,(H,7,8)(H,9,10). The van der Waals surface area contributed by atoms with Gasteiger partial charge in [0.25, 0.3) is 0 Å². The summed E-state index contributed by atoms with van der Waals surface area (Å²) in [5.74, 6) is -2.81. The summed E-state index contributed by atoms with van der Waals surface area (Å²) < 4.78 is 8.61. The van der Waals surface area contributed by atoms with Crippen molar-refractivity contribution < 1.29 is 34.4 Å². The molecule has 0 aromatic rings. The first-order chi connectivity index (χ1) is 5.99. The molecule has 0 saturated heterocycles. The van der Waals surface area contributed by atoms with Crippen molar-refractivity contribution in [2.45, 2.75) is 12.4 Å². The molecule has 0 aromatic heterocycles. The lowest BCUT2D eigenvalue weighted by atomic mass is 10.3. The maximum Gasteiger partial charge on any atom is 0.338 e. The summed E-state index contributed by atoms with van der Waals surface area (Å²) >= 11 is 0. The fourth-order valence-corrected chi connectivity index (χ4v) is 0.560. The van der Waals surface area contributed by atoms with E-state index in [1.165, 1.54) is 0 Å². The Kier molecular flexibility index (Phi) is 4.97. The van der Waals surface area contributed by atoms with Crippen LogP contribution >= 0.6 is 0 Å². The highest BCUT2D eigenvalue weighted by molar-refractivity contribution is 5.74. The number of aliphatic carboxylic acids is 2. The highest BCUT2D eigenvalue weighted by Crippen LogP contribution is 2.00. The number of aliphatic hydroxyl groups excluding tert-OH is 1. The molecule has 7 heteroatoms. The van der Waals surface area contributed by atoms with Crippen LogP contribution in [-0.2, 0) is 19.1 Å². The molecule has 2 atom stereocenters. The lowest BCUT2D eigenvalue weighted by molar-refractivity contribution is -0.192. The Labute approximate surface area is 73.5 Å². The minimum atomic E-state index is -1.69. The second-order valence-electron chi connectivity index (χ2n) is 2.09. The number of aliphatic hydroxyl groups is 1. The monoisotopic (exact) mass is 194 g/mol. The molecule has 0 radical (unpaired) electrons. The number of ether oxygens (including phenoxy) is 2. The van der Waals surface area contributed by atoms with E-state index in [2.05, 4.69) is 9.47 Å². The summed E-state index contributed by atoms with van der Waals surface area (Å²) in [6.07, 6.45) is -3.38. The number of hydrogen-bond donors (Lipinski definition) is 3. The molecular formula is C6H10O7. The fourth-order valence-electron chi connectivity index (χ4n) is 0.560. The minimum absolute atomic E-state index is 0.808.